The topological polar surface area (TPSA) is 306 Å². The Labute approximate surface area is 375 Å². The lowest BCUT2D eigenvalue weighted by atomic mass is 10.0. The van der Waals surface area contributed by atoms with Gasteiger partial charge in [-0.1, -0.05) is 206 Å². The Morgan fingerprint density at radius 1 is 0.371 bits per heavy atom. The first kappa shape index (κ1) is 66.2. The fourth-order valence-electron chi connectivity index (χ4n) is 6.77. The minimum Gasteiger partial charge on any atom is -0.481 e. The smallest absolute Gasteiger partial charge is 0.327 e. The number of unbranched alkanes of at least 4 members (excludes halogenated alkanes) is 30. The maximum Gasteiger partial charge on any atom is 0.327 e. The first-order valence-electron chi connectivity index (χ1n) is 23.3. The molecule has 0 amide bonds. The number of rotatable bonds is 42. The maximum absolute atomic E-state index is 11.7. The molecule has 0 rings (SSSR count). The second-order valence-corrected chi connectivity index (χ2v) is 19.3. The van der Waals surface area contributed by atoms with Crippen LogP contribution in [-0.4, -0.2) is 83.7 Å². The summed E-state index contributed by atoms with van der Waals surface area (Å²) in [6.07, 6.45) is 37.1. The lowest BCUT2D eigenvalue weighted by Gasteiger charge is -2.11. The highest BCUT2D eigenvalue weighted by molar-refractivity contribution is 7.87. The molecule has 0 saturated carbocycles. The average molecular weight is 935 g/mol. The van der Waals surface area contributed by atoms with Crippen LogP contribution < -0.4 is 12.3 Å². The molecule has 0 bridgehead atoms. The van der Waals surface area contributed by atoms with Gasteiger partial charge in [0.25, 0.3) is 20.2 Å². The largest absolute Gasteiger partial charge is 0.481 e. The zero-order chi connectivity index (χ0) is 45.3. The number of carboxylic acids is 2. The number of ether oxygens (including phenoxy) is 2. The average Bonchev–Trinajstić information content (AvgIpc) is 3.17. The molecular weight excluding hydrogens is 845 g/mol. The van der Waals surface area contributed by atoms with Crippen LogP contribution in [0.2, 0.25) is 0 Å². The van der Waals surface area contributed by atoms with Crippen molar-refractivity contribution in [2.45, 2.75) is 243 Å². The van der Waals surface area contributed by atoms with E-state index in [1.807, 2.05) is 0 Å². The Morgan fingerprint density at radius 2 is 0.548 bits per heavy atom. The zero-order valence-electron chi connectivity index (χ0n) is 38.7. The SMILES string of the molecule is CCCCCCCCCCCCCCCCCCOC(=O)C(CC(=O)O)S(=O)(=O)O.CCCCCCCCCCCCCCCCCCOC(=O)C(CC(=O)O)S(=O)(=O)O.N.N. The number of hydrogen-bond acceptors (Lipinski definition) is 12. The third kappa shape index (κ3) is 45.6. The van der Waals surface area contributed by atoms with Crippen LogP contribution in [0.4, 0.5) is 0 Å². The van der Waals surface area contributed by atoms with E-state index in [0.717, 1.165) is 38.5 Å². The van der Waals surface area contributed by atoms with Gasteiger partial charge in [0.05, 0.1) is 26.1 Å². The van der Waals surface area contributed by atoms with Gasteiger partial charge in [-0.15, -0.1) is 0 Å². The Kier molecular flexibility index (Phi) is 48.3. The second-order valence-electron chi connectivity index (χ2n) is 16.1. The van der Waals surface area contributed by atoms with Gasteiger partial charge in [-0.2, -0.15) is 16.8 Å². The highest BCUT2D eigenvalue weighted by Crippen LogP contribution is 2.16. The van der Waals surface area contributed by atoms with Gasteiger partial charge in [0, 0.05) is 0 Å². The van der Waals surface area contributed by atoms with E-state index in [9.17, 15) is 36.0 Å². The molecule has 372 valence electrons. The van der Waals surface area contributed by atoms with E-state index >= 15 is 0 Å². The third-order valence-corrected chi connectivity index (χ3v) is 12.6. The first-order valence-corrected chi connectivity index (χ1v) is 26.3. The summed E-state index contributed by atoms with van der Waals surface area (Å²) in [5, 5.41) is 13.1. The van der Waals surface area contributed by atoms with Crippen LogP contribution in [0.5, 0.6) is 0 Å². The van der Waals surface area contributed by atoms with Crippen LogP contribution in [0.25, 0.3) is 0 Å². The second kappa shape index (κ2) is 45.2. The molecule has 2 atom stereocenters. The van der Waals surface area contributed by atoms with Crippen molar-refractivity contribution in [3.05, 3.63) is 0 Å². The van der Waals surface area contributed by atoms with Gasteiger partial charge >= 0.3 is 23.9 Å². The molecule has 2 unspecified atom stereocenters. The fourth-order valence-corrected chi connectivity index (χ4v) is 8.10. The molecule has 0 fully saturated rings. The molecule has 0 aromatic carbocycles. The molecule has 62 heavy (non-hydrogen) atoms. The van der Waals surface area contributed by atoms with Crippen molar-refractivity contribution in [3.8, 4) is 0 Å². The van der Waals surface area contributed by atoms with Crippen LogP contribution >= 0.6 is 0 Å². The van der Waals surface area contributed by atoms with E-state index in [2.05, 4.69) is 13.8 Å². The molecule has 0 heterocycles. The molecule has 0 saturated heterocycles. The van der Waals surface area contributed by atoms with Crippen molar-refractivity contribution in [2.75, 3.05) is 13.2 Å². The Hall–Kier alpha value is -2.38. The van der Waals surface area contributed by atoms with Crippen molar-refractivity contribution < 1.29 is 64.8 Å². The zero-order valence-corrected chi connectivity index (χ0v) is 40.3. The Morgan fingerprint density at radius 3 is 0.710 bits per heavy atom. The van der Waals surface area contributed by atoms with Gasteiger partial charge in [0.15, 0.2) is 10.5 Å². The molecule has 10 N–H and O–H groups in total. The normalized spacial score (nSPS) is 12.2. The molecule has 0 aromatic heterocycles. The summed E-state index contributed by atoms with van der Waals surface area (Å²) in [5.41, 5.74) is 0. The predicted octanol–water partition coefficient (Wildman–Crippen LogP) is 11.4. The van der Waals surface area contributed by atoms with Crippen LogP contribution in [0.1, 0.15) is 232 Å². The molecular formula is C44H90N2O14S2. The van der Waals surface area contributed by atoms with E-state index in [0.29, 0.717) is 12.8 Å². The molecule has 16 nitrogen and oxygen atoms in total. The molecule has 0 aromatic rings. The van der Waals surface area contributed by atoms with Crippen molar-refractivity contribution >= 4 is 44.1 Å². The fraction of sp³-hybridized carbons (Fsp3) is 0.909. The van der Waals surface area contributed by atoms with Crippen LogP contribution in [-0.2, 0) is 48.9 Å². The standard InChI is InChI=1S/2C22H42O7S.2H3N/c2*1-2-3-4-5-6-7-8-9-10-11-12-13-14-15-16-17-18-29-22(25)20(19-21(23)24)30(26,27)28;;/h2*20H,2-19H2,1H3,(H,23,24)(H,26,27,28);2*1H3. The molecule has 0 radical (unpaired) electrons. The lowest BCUT2D eigenvalue weighted by molar-refractivity contribution is -0.147. The number of aliphatic carboxylic acids is 2. The molecule has 0 aliphatic rings. The highest BCUT2D eigenvalue weighted by Gasteiger charge is 2.35. The summed E-state index contributed by atoms with van der Waals surface area (Å²) < 4.78 is 71.8. The van der Waals surface area contributed by atoms with Gasteiger partial charge in [0.2, 0.25) is 0 Å². The van der Waals surface area contributed by atoms with Crippen molar-refractivity contribution in [1.82, 2.24) is 12.3 Å². The summed E-state index contributed by atoms with van der Waals surface area (Å²) in [6.45, 7) is 4.55. The molecule has 0 aliphatic heterocycles. The minimum atomic E-state index is -4.79. The van der Waals surface area contributed by atoms with E-state index in [-0.39, 0.29) is 25.5 Å². The van der Waals surface area contributed by atoms with Crippen molar-refractivity contribution in [2.24, 2.45) is 0 Å². The number of carbonyl (C=O) groups excluding carboxylic acids is 2. The predicted molar refractivity (Wildman–Crippen MR) is 246 cm³/mol. The van der Waals surface area contributed by atoms with Crippen molar-refractivity contribution in [3.63, 3.8) is 0 Å². The number of hydrogen-bond donors (Lipinski definition) is 6. The van der Waals surface area contributed by atoms with Crippen molar-refractivity contribution in [1.29, 1.82) is 0 Å². The van der Waals surface area contributed by atoms with Gasteiger partial charge in [0.1, 0.15) is 0 Å². The molecule has 0 spiro atoms. The Balaban J connectivity index is -0.000000526. The summed E-state index contributed by atoms with van der Waals surface area (Å²) in [7, 11) is -9.58. The van der Waals surface area contributed by atoms with Gasteiger partial charge in [-0.05, 0) is 12.8 Å². The number of carboxylic acid groups (broad SMARTS) is 2. The first-order chi connectivity index (χ1) is 28.6. The van der Waals surface area contributed by atoms with Gasteiger partial charge < -0.3 is 32.0 Å². The quantitative estimate of drug-likeness (QED) is 0.0188. The number of esters is 2. The van der Waals surface area contributed by atoms with Crippen LogP contribution in [0.3, 0.4) is 0 Å². The highest BCUT2D eigenvalue weighted by atomic mass is 32.2. The van der Waals surface area contributed by atoms with E-state index in [4.69, 9.17) is 28.8 Å². The van der Waals surface area contributed by atoms with Gasteiger partial charge in [-0.25, -0.2) is 0 Å². The summed E-state index contributed by atoms with van der Waals surface area (Å²) in [6, 6.07) is 0. The summed E-state index contributed by atoms with van der Waals surface area (Å²) in [4.78, 5) is 44.5. The van der Waals surface area contributed by atoms with Crippen LogP contribution in [0, 0.1) is 0 Å². The Bertz CT molecular complexity index is 1200. The number of carbonyl (C=O) groups is 4. The molecule has 0 aliphatic carbocycles. The van der Waals surface area contributed by atoms with E-state index in [1.54, 1.807) is 0 Å². The van der Waals surface area contributed by atoms with E-state index < -0.39 is 67.5 Å². The van der Waals surface area contributed by atoms with Crippen LogP contribution in [0.15, 0.2) is 0 Å². The van der Waals surface area contributed by atoms with Gasteiger partial charge in [-0.3, -0.25) is 28.3 Å². The minimum absolute atomic E-state index is 0. The van der Waals surface area contributed by atoms with E-state index in [1.165, 1.54) is 154 Å². The lowest BCUT2D eigenvalue weighted by Crippen LogP contribution is -2.34. The summed E-state index contributed by atoms with van der Waals surface area (Å²) in [5.74, 6) is -5.39. The molecule has 18 heteroatoms. The summed E-state index contributed by atoms with van der Waals surface area (Å²) >= 11 is 0. The monoisotopic (exact) mass is 935 g/mol. The maximum atomic E-state index is 11.7. The third-order valence-electron chi connectivity index (χ3n) is 10.4.